The van der Waals surface area contributed by atoms with Gasteiger partial charge in [-0.25, -0.2) is 4.57 Å². The highest BCUT2D eigenvalue weighted by atomic mass is 31.2. The molecule has 0 aliphatic rings. The summed E-state index contributed by atoms with van der Waals surface area (Å²) < 4.78 is 13.9. The van der Waals surface area contributed by atoms with Gasteiger partial charge in [-0.15, -0.1) is 0 Å². The summed E-state index contributed by atoms with van der Waals surface area (Å²) in [5.41, 5.74) is 7.70. The van der Waals surface area contributed by atoms with Gasteiger partial charge in [0.05, 0.1) is 6.61 Å². The highest BCUT2D eigenvalue weighted by molar-refractivity contribution is 7.46. The summed E-state index contributed by atoms with van der Waals surface area (Å²) in [6.07, 6.45) is 0. The van der Waals surface area contributed by atoms with Gasteiger partial charge in [-0.1, -0.05) is 5.11 Å². The zero-order chi connectivity index (χ0) is 8.04. The minimum absolute atomic E-state index is 0.0817. The molecular formula is C2H6N3O4P. The van der Waals surface area contributed by atoms with Gasteiger partial charge in [0.25, 0.3) is 0 Å². The minimum Gasteiger partial charge on any atom is -0.303 e. The Morgan fingerprint density at radius 2 is 2.30 bits per heavy atom. The molecule has 0 unspecified atom stereocenters. The second-order valence-electron chi connectivity index (χ2n) is 1.28. The van der Waals surface area contributed by atoms with Gasteiger partial charge in [0.2, 0.25) is 0 Å². The lowest BCUT2D eigenvalue weighted by Crippen LogP contribution is -1.94. The Labute approximate surface area is 56.5 Å². The molecule has 2 N–H and O–H groups in total. The smallest absolute Gasteiger partial charge is 0.303 e. The molecule has 0 amide bonds. The number of phosphoric ester groups is 1. The summed E-state index contributed by atoms with van der Waals surface area (Å²) in [5, 5.41) is 2.99. The molecule has 0 spiro atoms. The van der Waals surface area contributed by atoms with E-state index in [2.05, 4.69) is 14.5 Å². The molecule has 0 atom stereocenters. The summed E-state index contributed by atoms with van der Waals surface area (Å²) >= 11 is 0. The van der Waals surface area contributed by atoms with E-state index in [0.717, 1.165) is 0 Å². The Balaban J connectivity index is 3.38. The van der Waals surface area contributed by atoms with E-state index in [4.69, 9.17) is 15.3 Å². The van der Waals surface area contributed by atoms with Crippen molar-refractivity contribution in [3.63, 3.8) is 0 Å². The van der Waals surface area contributed by atoms with E-state index in [9.17, 15) is 4.57 Å². The van der Waals surface area contributed by atoms with Crippen LogP contribution in [0.2, 0.25) is 0 Å². The molecule has 0 aliphatic heterocycles. The highest BCUT2D eigenvalue weighted by Crippen LogP contribution is 2.35. The van der Waals surface area contributed by atoms with Crippen molar-refractivity contribution in [2.45, 2.75) is 0 Å². The molecule has 0 radical (unpaired) electrons. The lowest BCUT2D eigenvalue weighted by Gasteiger charge is -2.00. The number of hydrogen-bond acceptors (Lipinski definition) is 3. The first kappa shape index (κ1) is 9.42. The topological polar surface area (TPSA) is 116 Å². The first-order valence-corrected chi connectivity index (χ1v) is 3.80. The fourth-order valence-corrected chi connectivity index (χ4v) is 0.565. The first-order valence-electron chi connectivity index (χ1n) is 2.27. The Hall–Kier alpha value is -0.580. The Morgan fingerprint density at radius 1 is 1.70 bits per heavy atom. The molecular weight excluding hydrogens is 161 g/mol. The molecule has 0 saturated heterocycles. The van der Waals surface area contributed by atoms with Crippen molar-refractivity contribution in [2.75, 3.05) is 13.2 Å². The van der Waals surface area contributed by atoms with E-state index in [1.807, 2.05) is 0 Å². The third-order valence-corrected chi connectivity index (χ3v) is 1.03. The van der Waals surface area contributed by atoms with Crippen LogP contribution in [0.15, 0.2) is 5.11 Å². The maximum atomic E-state index is 9.93. The van der Waals surface area contributed by atoms with Gasteiger partial charge in [-0.3, -0.25) is 4.52 Å². The molecule has 0 aliphatic carbocycles. The van der Waals surface area contributed by atoms with Crippen LogP contribution in [0.4, 0.5) is 0 Å². The average molecular weight is 167 g/mol. The van der Waals surface area contributed by atoms with E-state index in [1.165, 1.54) is 0 Å². The van der Waals surface area contributed by atoms with E-state index >= 15 is 0 Å². The fraction of sp³-hybridized carbons (Fsp3) is 1.00. The van der Waals surface area contributed by atoms with Crippen LogP contribution in [0.1, 0.15) is 0 Å². The Kier molecular flexibility index (Phi) is 4.02. The molecule has 0 fully saturated rings. The van der Waals surface area contributed by atoms with Crippen LogP contribution in [0.3, 0.4) is 0 Å². The minimum atomic E-state index is -4.39. The van der Waals surface area contributed by atoms with Crippen LogP contribution < -0.4 is 0 Å². The summed E-state index contributed by atoms with van der Waals surface area (Å²) in [6, 6.07) is 0. The van der Waals surface area contributed by atoms with Gasteiger partial charge in [0, 0.05) is 11.5 Å². The van der Waals surface area contributed by atoms with Gasteiger partial charge in [-0.2, -0.15) is 0 Å². The molecule has 0 bridgehead atoms. The summed E-state index contributed by atoms with van der Waals surface area (Å²) in [4.78, 5) is 18.5. The molecule has 0 aromatic heterocycles. The van der Waals surface area contributed by atoms with Crippen molar-refractivity contribution in [1.29, 1.82) is 0 Å². The number of rotatable bonds is 4. The molecule has 0 rings (SSSR count). The van der Waals surface area contributed by atoms with Crippen LogP contribution in [-0.2, 0) is 9.09 Å². The molecule has 0 aromatic rings. The number of azide groups is 1. The third kappa shape index (κ3) is 7.42. The molecule has 7 nitrogen and oxygen atoms in total. The van der Waals surface area contributed by atoms with Crippen molar-refractivity contribution in [1.82, 2.24) is 0 Å². The van der Waals surface area contributed by atoms with Crippen molar-refractivity contribution >= 4 is 7.82 Å². The number of nitrogens with zero attached hydrogens (tertiary/aromatic N) is 3. The molecule has 10 heavy (non-hydrogen) atoms. The Bertz CT molecular complexity index is 181. The lowest BCUT2D eigenvalue weighted by molar-refractivity contribution is 0.202. The molecule has 0 saturated carbocycles. The zero-order valence-corrected chi connectivity index (χ0v) is 5.81. The average Bonchev–Trinajstić information content (AvgIpc) is 1.78. The van der Waals surface area contributed by atoms with Crippen LogP contribution >= 0.6 is 7.82 Å². The maximum absolute atomic E-state index is 9.93. The zero-order valence-electron chi connectivity index (χ0n) is 4.91. The molecule has 0 heterocycles. The second-order valence-corrected chi connectivity index (χ2v) is 2.52. The first-order chi connectivity index (χ1) is 4.56. The third-order valence-electron chi connectivity index (χ3n) is 0.514. The second kappa shape index (κ2) is 4.27. The Morgan fingerprint density at radius 3 is 2.70 bits per heavy atom. The lowest BCUT2D eigenvalue weighted by atomic mass is 10.8. The predicted octanol–water partition coefficient (Wildman–Crippen LogP) is 0.406. The highest BCUT2D eigenvalue weighted by Gasteiger charge is 2.11. The number of hydrogen-bond donors (Lipinski definition) is 2. The van der Waals surface area contributed by atoms with E-state index in [1.54, 1.807) is 0 Å². The molecule has 8 heteroatoms. The normalized spacial score (nSPS) is 10.6. The van der Waals surface area contributed by atoms with Crippen molar-refractivity contribution in [3.05, 3.63) is 10.4 Å². The quantitative estimate of drug-likeness (QED) is 0.207. The standard InChI is InChI=1S/C2H6N3O4P/c3-5-4-1-2-9-10(6,7)8/h1-2H2,(H2,6,7,8). The largest absolute Gasteiger partial charge is 0.469 e. The van der Waals surface area contributed by atoms with Gasteiger partial charge in [0.1, 0.15) is 0 Å². The van der Waals surface area contributed by atoms with Crippen molar-refractivity contribution < 1.29 is 18.9 Å². The van der Waals surface area contributed by atoms with Gasteiger partial charge in [-0.05, 0) is 5.53 Å². The summed E-state index contributed by atoms with van der Waals surface area (Å²) in [6.45, 7) is -0.351. The maximum Gasteiger partial charge on any atom is 0.469 e. The van der Waals surface area contributed by atoms with E-state index in [-0.39, 0.29) is 13.2 Å². The van der Waals surface area contributed by atoms with Crippen molar-refractivity contribution in [2.24, 2.45) is 5.11 Å². The van der Waals surface area contributed by atoms with Gasteiger partial charge >= 0.3 is 7.82 Å². The number of phosphoric acid groups is 1. The van der Waals surface area contributed by atoms with E-state index in [0.29, 0.717) is 0 Å². The van der Waals surface area contributed by atoms with Gasteiger partial charge < -0.3 is 9.79 Å². The summed E-state index contributed by atoms with van der Waals surface area (Å²) in [5.74, 6) is 0. The molecule has 0 aromatic carbocycles. The SMILES string of the molecule is [N-]=[N+]=NCCOP(=O)(O)O. The van der Waals surface area contributed by atoms with Crippen LogP contribution in [-0.4, -0.2) is 22.9 Å². The van der Waals surface area contributed by atoms with E-state index < -0.39 is 7.82 Å². The molecule has 58 valence electrons. The van der Waals surface area contributed by atoms with Crippen molar-refractivity contribution in [3.8, 4) is 0 Å². The van der Waals surface area contributed by atoms with Crippen LogP contribution in [0, 0.1) is 0 Å². The van der Waals surface area contributed by atoms with Crippen LogP contribution in [0.25, 0.3) is 10.4 Å². The fourth-order valence-electron chi connectivity index (χ4n) is 0.245. The monoisotopic (exact) mass is 167 g/mol. The summed E-state index contributed by atoms with van der Waals surface area (Å²) in [7, 11) is -4.39. The van der Waals surface area contributed by atoms with Gasteiger partial charge in [0.15, 0.2) is 0 Å². The predicted molar refractivity (Wildman–Crippen MR) is 32.0 cm³/mol. The van der Waals surface area contributed by atoms with Crippen LogP contribution in [0.5, 0.6) is 0 Å².